The summed E-state index contributed by atoms with van der Waals surface area (Å²) in [4.78, 5) is 0. The highest BCUT2D eigenvalue weighted by molar-refractivity contribution is 8.02. The van der Waals surface area contributed by atoms with Crippen molar-refractivity contribution in [2.75, 3.05) is 5.75 Å². The molecule has 0 aromatic heterocycles. The molecule has 0 N–H and O–H groups in total. The Hall–Kier alpha value is 0.324. The van der Waals surface area contributed by atoms with E-state index in [0.717, 1.165) is 5.75 Å². The van der Waals surface area contributed by atoms with Gasteiger partial charge in [-0.05, 0) is 37.6 Å². The van der Waals surface area contributed by atoms with Crippen LogP contribution in [0.4, 0.5) is 0 Å². The molecular formula is C15H32OSSi2. The molecule has 1 rings (SSSR count). The summed E-state index contributed by atoms with van der Waals surface area (Å²) in [7, 11) is -2.71. The highest BCUT2D eigenvalue weighted by Crippen LogP contribution is 2.53. The summed E-state index contributed by atoms with van der Waals surface area (Å²) in [5, 5.41) is 0. The normalized spacial score (nSPS) is 26.1. The summed E-state index contributed by atoms with van der Waals surface area (Å²) in [5.74, 6) is 2.30. The fourth-order valence-electron chi connectivity index (χ4n) is 3.20. The van der Waals surface area contributed by atoms with Crippen molar-refractivity contribution in [2.45, 2.75) is 70.8 Å². The van der Waals surface area contributed by atoms with Crippen LogP contribution in [0, 0.1) is 5.41 Å². The third-order valence-electron chi connectivity index (χ3n) is 3.94. The molecule has 0 aliphatic carbocycles. The second-order valence-electron chi connectivity index (χ2n) is 8.70. The standard InChI is InChI=1S/C15H32OSSi2/c1-14(2,3)15(18(4,5)6)11-10-13(12-17-15)16-19(7,8)9/h10H,11-12H2,1-9H3. The minimum atomic E-state index is -1.45. The highest BCUT2D eigenvalue weighted by Gasteiger charge is 2.52. The van der Waals surface area contributed by atoms with Gasteiger partial charge in [0.2, 0.25) is 8.32 Å². The van der Waals surface area contributed by atoms with Gasteiger partial charge in [0, 0.05) is 10.1 Å². The molecule has 0 saturated carbocycles. The summed E-state index contributed by atoms with van der Waals surface area (Å²) in [6.45, 7) is 21.6. The molecule has 0 amide bonds. The van der Waals surface area contributed by atoms with Crippen molar-refractivity contribution in [3.63, 3.8) is 0 Å². The van der Waals surface area contributed by atoms with E-state index in [0.29, 0.717) is 9.79 Å². The first-order chi connectivity index (χ1) is 8.29. The molecule has 112 valence electrons. The number of rotatable bonds is 3. The van der Waals surface area contributed by atoms with E-state index in [1.807, 2.05) is 0 Å². The molecule has 1 nitrogen and oxygen atoms in total. The molecule has 0 spiro atoms. The van der Waals surface area contributed by atoms with E-state index in [1.54, 1.807) is 0 Å². The zero-order valence-corrected chi connectivity index (χ0v) is 17.1. The van der Waals surface area contributed by atoms with E-state index in [-0.39, 0.29) is 0 Å². The molecule has 0 fully saturated rings. The summed E-state index contributed by atoms with van der Waals surface area (Å²) in [6.07, 6.45) is 3.58. The van der Waals surface area contributed by atoms with E-state index in [9.17, 15) is 0 Å². The van der Waals surface area contributed by atoms with Crippen LogP contribution in [-0.2, 0) is 4.43 Å². The maximum absolute atomic E-state index is 6.19. The lowest BCUT2D eigenvalue weighted by Crippen LogP contribution is -2.58. The number of hydrogen-bond donors (Lipinski definition) is 0. The minimum absolute atomic E-state index is 0.351. The Balaban J connectivity index is 2.99. The Bertz CT molecular complexity index is 342. The summed E-state index contributed by atoms with van der Waals surface area (Å²) in [6, 6.07) is 0. The van der Waals surface area contributed by atoms with Gasteiger partial charge in [0.15, 0.2) is 0 Å². The Morgan fingerprint density at radius 1 is 1.11 bits per heavy atom. The summed E-state index contributed by atoms with van der Waals surface area (Å²) >= 11 is 2.16. The number of allylic oxidation sites excluding steroid dienone is 1. The molecule has 0 bridgehead atoms. The lowest BCUT2D eigenvalue weighted by Gasteiger charge is -2.53. The molecule has 1 unspecified atom stereocenters. The Morgan fingerprint density at radius 3 is 1.89 bits per heavy atom. The second kappa shape index (κ2) is 5.26. The van der Waals surface area contributed by atoms with Crippen molar-refractivity contribution in [2.24, 2.45) is 5.41 Å². The average molecular weight is 317 g/mol. The Kier molecular flexibility index (Phi) is 4.81. The predicted molar refractivity (Wildman–Crippen MR) is 95.1 cm³/mol. The first-order valence-electron chi connectivity index (χ1n) is 7.31. The molecule has 19 heavy (non-hydrogen) atoms. The third-order valence-corrected chi connectivity index (χ3v) is 12.2. The van der Waals surface area contributed by atoms with E-state index >= 15 is 0 Å². The van der Waals surface area contributed by atoms with E-state index in [4.69, 9.17) is 4.43 Å². The average Bonchev–Trinajstić information content (AvgIpc) is 2.12. The van der Waals surface area contributed by atoms with Gasteiger partial charge in [-0.25, -0.2) is 0 Å². The minimum Gasteiger partial charge on any atom is -0.547 e. The zero-order valence-electron chi connectivity index (χ0n) is 14.3. The molecule has 1 aliphatic rings. The molecule has 1 heterocycles. The van der Waals surface area contributed by atoms with Crippen molar-refractivity contribution in [1.29, 1.82) is 0 Å². The molecule has 4 heteroatoms. The van der Waals surface area contributed by atoms with Gasteiger partial charge in [0.25, 0.3) is 0 Å². The number of thioether (sulfide) groups is 1. The summed E-state index contributed by atoms with van der Waals surface area (Å²) < 4.78 is 6.61. The second-order valence-corrected chi connectivity index (χ2v) is 20.1. The van der Waals surface area contributed by atoms with E-state index in [1.165, 1.54) is 12.2 Å². The smallest absolute Gasteiger partial charge is 0.241 e. The quantitative estimate of drug-likeness (QED) is 0.634. The van der Waals surface area contributed by atoms with Crippen LogP contribution in [0.5, 0.6) is 0 Å². The van der Waals surface area contributed by atoms with Gasteiger partial charge in [-0.2, -0.15) is 0 Å². The van der Waals surface area contributed by atoms with Gasteiger partial charge in [0.05, 0.1) is 13.8 Å². The van der Waals surface area contributed by atoms with Gasteiger partial charge < -0.3 is 4.43 Å². The maximum Gasteiger partial charge on any atom is 0.241 e. The van der Waals surface area contributed by atoms with Crippen molar-refractivity contribution in [1.82, 2.24) is 0 Å². The van der Waals surface area contributed by atoms with Gasteiger partial charge in [-0.3, -0.25) is 0 Å². The molecular weight excluding hydrogens is 284 g/mol. The molecule has 0 aromatic rings. The lowest BCUT2D eigenvalue weighted by molar-refractivity contribution is 0.339. The largest absolute Gasteiger partial charge is 0.547 e. The van der Waals surface area contributed by atoms with Crippen LogP contribution in [0.2, 0.25) is 39.3 Å². The molecule has 0 aromatic carbocycles. The first-order valence-corrected chi connectivity index (χ1v) is 15.2. The van der Waals surface area contributed by atoms with Crippen molar-refractivity contribution >= 4 is 28.2 Å². The van der Waals surface area contributed by atoms with Crippen LogP contribution in [0.15, 0.2) is 11.8 Å². The van der Waals surface area contributed by atoms with Crippen molar-refractivity contribution < 1.29 is 4.43 Å². The van der Waals surface area contributed by atoms with Crippen molar-refractivity contribution in [3.05, 3.63) is 11.8 Å². The fourth-order valence-corrected chi connectivity index (χ4v) is 10.4. The Morgan fingerprint density at radius 2 is 1.63 bits per heavy atom. The van der Waals surface area contributed by atoms with Crippen molar-refractivity contribution in [3.8, 4) is 0 Å². The summed E-state index contributed by atoms with van der Waals surface area (Å²) in [5.41, 5.74) is 0.351. The predicted octanol–water partition coefficient (Wildman–Crippen LogP) is 5.52. The SMILES string of the molecule is CC(C)(C)C1([Si](C)(C)C)CC=C(O[Si](C)(C)C)CS1. The maximum atomic E-state index is 6.19. The van der Waals surface area contributed by atoms with Gasteiger partial charge in [-0.15, -0.1) is 11.8 Å². The van der Waals surface area contributed by atoms with Gasteiger partial charge >= 0.3 is 0 Å². The highest BCUT2D eigenvalue weighted by atomic mass is 32.2. The topological polar surface area (TPSA) is 9.23 Å². The molecule has 1 aliphatic heterocycles. The molecule has 0 radical (unpaired) electrons. The van der Waals surface area contributed by atoms with Gasteiger partial charge in [0.1, 0.15) is 0 Å². The van der Waals surface area contributed by atoms with Crippen LogP contribution in [0.1, 0.15) is 27.2 Å². The lowest BCUT2D eigenvalue weighted by atomic mass is 9.88. The van der Waals surface area contributed by atoms with E-state index in [2.05, 4.69) is 77.9 Å². The fraction of sp³-hybridized carbons (Fsp3) is 0.867. The number of hydrogen-bond acceptors (Lipinski definition) is 2. The van der Waals surface area contributed by atoms with Crippen LogP contribution >= 0.6 is 11.8 Å². The van der Waals surface area contributed by atoms with Crippen LogP contribution in [0.3, 0.4) is 0 Å². The first kappa shape index (κ1) is 17.4. The molecule has 0 saturated heterocycles. The van der Waals surface area contributed by atoms with E-state index < -0.39 is 16.4 Å². The van der Waals surface area contributed by atoms with Crippen LogP contribution in [-0.4, -0.2) is 26.5 Å². The molecule has 1 atom stereocenters. The Labute approximate surface area is 126 Å². The monoisotopic (exact) mass is 316 g/mol. The van der Waals surface area contributed by atoms with Crippen LogP contribution in [0.25, 0.3) is 0 Å². The van der Waals surface area contributed by atoms with Gasteiger partial charge in [-0.1, -0.05) is 40.4 Å². The zero-order chi connectivity index (χ0) is 15.1. The van der Waals surface area contributed by atoms with Crippen LogP contribution < -0.4 is 0 Å². The third kappa shape index (κ3) is 3.91.